The molecule has 1 aromatic heterocycles. The van der Waals surface area contributed by atoms with E-state index in [9.17, 15) is 12.6 Å². The van der Waals surface area contributed by atoms with Gasteiger partial charge in [-0.15, -0.1) is 0 Å². The van der Waals surface area contributed by atoms with E-state index in [0.717, 1.165) is 10.9 Å². The van der Waals surface area contributed by atoms with E-state index < -0.39 is 20.8 Å². The predicted molar refractivity (Wildman–Crippen MR) is 91.0 cm³/mol. The second kappa shape index (κ2) is 6.14. The van der Waals surface area contributed by atoms with Crippen molar-refractivity contribution < 1.29 is 12.6 Å². The summed E-state index contributed by atoms with van der Waals surface area (Å²) in [6.45, 7) is 3.59. The van der Waals surface area contributed by atoms with Crippen molar-refractivity contribution in [3.63, 3.8) is 0 Å². The van der Waals surface area contributed by atoms with Crippen molar-refractivity contribution in [1.29, 1.82) is 0 Å². The van der Waals surface area contributed by atoms with Crippen LogP contribution in [0, 0.1) is 6.92 Å². The van der Waals surface area contributed by atoms with Crippen LogP contribution in [0.2, 0.25) is 0 Å². The van der Waals surface area contributed by atoms with E-state index in [1.165, 1.54) is 4.31 Å². The fourth-order valence-corrected chi connectivity index (χ4v) is 5.43. The van der Waals surface area contributed by atoms with Gasteiger partial charge in [0.05, 0.1) is 0 Å². The SMILES string of the molecule is Cc1c(S(=O)(=O)N(C)[C@@H](C)C[S@](C)=O)c2ccccc2n1C. The smallest absolute Gasteiger partial charge is 0.245 e. The Labute approximate surface area is 134 Å². The van der Waals surface area contributed by atoms with Gasteiger partial charge < -0.3 is 4.57 Å². The van der Waals surface area contributed by atoms with Crippen LogP contribution >= 0.6 is 0 Å². The maximum Gasteiger partial charge on any atom is 0.245 e. The largest absolute Gasteiger partial charge is 0.347 e. The Kier molecular flexibility index (Phi) is 4.79. The number of hydrogen-bond acceptors (Lipinski definition) is 3. The van der Waals surface area contributed by atoms with Gasteiger partial charge in [0.15, 0.2) is 0 Å². The molecule has 0 bridgehead atoms. The highest BCUT2D eigenvalue weighted by Gasteiger charge is 2.31. The summed E-state index contributed by atoms with van der Waals surface area (Å²) in [5, 5.41) is 0.721. The first-order valence-corrected chi connectivity index (χ1v) is 10.2. The van der Waals surface area contributed by atoms with E-state index in [2.05, 4.69) is 0 Å². The molecule has 1 heterocycles. The van der Waals surface area contributed by atoms with Crippen LogP contribution in [0.15, 0.2) is 29.2 Å². The highest BCUT2D eigenvalue weighted by molar-refractivity contribution is 7.89. The first kappa shape index (κ1) is 17.2. The molecule has 5 nitrogen and oxygen atoms in total. The topological polar surface area (TPSA) is 59.4 Å². The van der Waals surface area contributed by atoms with Gasteiger partial charge in [0.25, 0.3) is 0 Å². The summed E-state index contributed by atoms with van der Waals surface area (Å²) >= 11 is 0. The minimum absolute atomic E-state index is 0.319. The van der Waals surface area contributed by atoms with Crippen molar-refractivity contribution in [3.05, 3.63) is 30.0 Å². The molecule has 0 aliphatic heterocycles. The molecule has 2 rings (SSSR count). The molecule has 22 heavy (non-hydrogen) atoms. The number of aryl methyl sites for hydroxylation is 1. The molecule has 0 spiro atoms. The Morgan fingerprint density at radius 2 is 1.91 bits per heavy atom. The fraction of sp³-hybridized carbons (Fsp3) is 0.467. The van der Waals surface area contributed by atoms with Crippen molar-refractivity contribution in [2.45, 2.75) is 24.8 Å². The molecule has 0 saturated carbocycles. The number of para-hydroxylation sites is 1. The number of benzene rings is 1. The van der Waals surface area contributed by atoms with Crippen molar-refractivity contribution in [3.8, 4) is 0 Å². The second-order valence-corrected chi connectivity index (χ2v) is 9.01. The first-order chi connectivity index (χ1) is 10.2. The zero-order valence-electron chi connectivity index (χ0n) is 13.5. The van der Waals surface area contributed by atoms with Gasteiger partial charge in [-0.05, 0) is 19.9 Å². The van der Waals surface area contributed by atoms with Gasteiger partial charge in [0.2, 0.25) is 10.0 Å². The molecule has 0 unspecified atom stereocenters. The average molecular weight is 342 g/mol. The Hall–Kier alpha value is -1.18. The monoisotopic (exact) mass is 342 g/mol. The maximum absolute atomic E-state index is 13.0. The van der Waals surface area contributed by atoms with Gasteiger partial charge in [-0.2, -0.15) is 4.31 Å². The van der Waals surface area contributed by atoms with Gasteiger partial charge >= 0.3 is 0 Å². The molecule has 2 aromatic rings. The maximum atomic E-state index is 13.0. The molecule has 0 aliphatic rings. The lowest BCUT2D eigenvalue weighted by molar-refractivity contribution is 0.413. The summed E-state index contributed by atoms with van der Waals surface area (Å²) in [4.78, 5) is 0.335. The minimum atomic E-state index is -3.64. The normalized spacial score (nSPS) is 15.4. The van der Waals surface area contributed by atoms with Gasteiger partial charge in [-0.1, -0.05) is 18.2 Å². The minimum Gasteiger partial charge on any atom is -0.347 e. The third-order valence-electron chi connectivity index (χ3n) is 4.08. The number of aromatic nitrogens is 1. The van der Waals surface area contributed by atoms with E-state index in [1.807, 2.05) is 42.8 Å². The number of sulfonamides is 1. The lowest BCUT2D eigenvalue weighted by Crippen LogP contribution is -2.38. The summed E-state index contributed by atoms with van der Waals surface area (Å²) in [6.07, 6.45) is 1.58. The Morgan fingerprint density at radius 1 is 1.32 bits per heavy atom. The van der Waals surface area contributed by atoms with Crippen molar-refractivity contribution >= 4 is 31.7 Å². The van der Waals surface area contributed by atoms with Gasteiger partial charge in [0.1, 0.15) is 4.90 Å². The number of nitrogens with zero attached hydrogens (tertiary/aromatic N) is 2. The van der Waals surface area contributed by atoms with Gasteiger partial charge in [0, 0.05) is 59.5 Å². The van der Waals surface area contributed by atoms with Crippen LogP contribution in [0.4, 0.5) is 0 Å². The molecule has 0 saturated heterocycles. The number of fused-ring (bicyclic) bond motifs is 1. The van der Waals surface area contributed by atoms with Crippen molar-refractivity contribution in [2.24, 2.45) is 7.05 Å². The van der Waals surface area contributed by atoms with Crippen LogP contribution in [0.25, 0.3) is 10.9 Å². The summed E-state index contributed by atoms with van der Waals surface area (Å²) in [5.74, 6) is 0.319. The second-order valence-electron chi connectivity index (χ2n) is 5.60. The van der Waals surface area contributed by atoms with Crippen LogP contribution in [-0.4, -0.2) is 46.6 Å². The molecule has 0 amide bonds. The standard InChI is InChI=1S/C15H22N2O3S2/c1-11(10-21(5)18)17(4)22(19,20)15-12(2)16(3)14-9-7-6-8-13(14)15/h6-9,11H,10H2,1-5H3/t11-,21-/m0/s1. The summed E-state index contributed by atoms with van der Waals surface area (Å²) in [7, 11) is -1.28. The summed E-state index contributed by atoms with van der Waals surface area (Å²) in [5.41, 5.74) is 1.59. The number of rotatable bonds is 5. The molecule has 0 radical (unpaired) electrons. The Balaban J connectivity index is 2.60. The molecule has 7 heteroatoms. The quantitative estimate of drug-likeness (QED) is 0.833. The molecule has 0 fully saturated rings. The zero-order chi connectivity index (χ0) is 16.7. The van der Waals surface area contributed by atoms with E-state index in [1.54, 1.807) is 20.2 Å². The summed E-state index contributed by atoms with van der Waals surface area (Å²) < 4.78 is 40.6. The molecule has 122 valence electrons. The molecule has 1 aromatic carbocycles. The Morgan fingerprint density at radius 3 is 2.50 bits per heavy atom. The van der Waals surface area contributed by atoms with Crippen LogP contribution in [-0.2, 0) is 27.9 Å². The van der Waals surface area contributed by atoms with Crippen LogP contribution in [0.1, 0.15) is 12.6 Å². The molecule has 0 N–H and O–H groups in total. The first-order valence-electron chi connectivity index (χ1n) is 7.00. The third-order valence-corrected chi connectivity index (χ3v) is 7.18. The molecule has 0 aliphatic carbocycles. The van der Waals surface area contributed by atoms with Crippen molar-refractivity contribution in [2.75, 3.05) is 19.1 Å². The lowest BCUT2D eigenvalue weighted by Gasteiger charge is -2.23. The van der Waals surface area contributed by atoms with Crippen molar-refractivity contribution in [1.82, 2.24) is 8.87 Å². The van der Waals surface area contributed by atoms with E-state index in [-0.39, 0.29) is 6.04 Å². The molecular weight excluding hydrogens is 320 g/mol. The molecule has 2 atom stereocenters. The predicted octanol–water partition coefficient (Wildman–Crippen LogP) is 1.87. The van der Waals surface area contributed by atoms with E-state index >= 15 is 0 Å². The van der Waals surface area contributed by atoms with E-state index in [0.29, 0.717) is 16.3 Å². The third kappa shape index (κ3) is 2.85. The van der Waals surface area contributed by atoms with Crippen LogP contribution in [0.5, 0.6) is 0 Å². The summed E-state index contributed by atoms with van der Waals surface area (Å²) in [6, 6.07) is 7.14. The Bertz CT molecular complexity index is 825. The lowest BCUT2D eigenvalue weighted by atomic mass is 10.2. The number of hydrogen-bond donors (Lipinski definition) is 0. The van der Waals surface area contributed by atoms with Gasteiger partial charge in [-0.3, -0.25) is 4.21 Å². The highest BCUT2D eigenvalue weighted by Crippen LogP contribution is 2.31. The van der Waals surface area contributed by atoms with Crippen LogP contribution < -0.4 is 0 Å². The van der Waals surface area contributed by atoms with Gasteiger partial charge in [-0.25, -0.2) is 8.42 Å². The average Bonchev–Trinajstić information content (AvgIpc) is 2.70. The van der Waals surface area contributed by atoms with E-state index in [4.69, 9.17) is 0 Å². The zero-order valence-corrected chi connectivity index (χ0v) is 15.2. The highest BCUT2D eigenvalue weighted by atomic mass is 32.2. The molecular formula is C15H22N2O3S2. The van der Waals surface area contributed by atoms with Crippen LogP contribution in [0.3, 0.4) is 0 Å². The fourth-order valence-electron chi connectivity index (χ4n) is 2.64.